The van der Waals surface area contributed by atoms with E-state index in [4.69, 9.17) is 44.9 Å². The summed E-state index contributed by atoms with van der Waals surface area (Å²) < 4.78 is 0. The number of piperazine rings is 1. The Morgan fingerprint density at radius 3 is 2.66 bits per heavy atom. The van der Waals surface area contributed by atoms with Gasteiger partial charge in [0.05, 0.1) is 18.7 Å². The van der Waals surface area contributed by atoms with Crippen molar-refractivity contribution in [2.45, 2.75) is 38.3 Å². The zero-order valence-corrected chi connectivity index (χ0v) is 22.0. The Morgan fingerprint density at radius 1 is 1.17 bits per heavy atom. The van der Waals surface area contributed by atoms with Gasteiger partial charge in [-0.25, -0.2) is 4.98 Å². The van der Waals surface area contributed by atoms with Crippen molar-refractivity contribution in [2.24, 2.45) is 0 Å². The number of rotatable bonds is 8. The van der Waals surface area contributed by atoms with Crippen molar-refractivity contribution in [3.05, 3.63) is 45.0 Å². The van der Waals surface area contributed by atoms with Crippen LogP contribution in [0.3, 0.4) is 0 Å². The number of hydrogen-bond donors (Lipinski definition) is 2. The molecule has 0 spiro atoms. The van der Waals surface area contributed by atoms with E-state index < -0.39 is 5.97 Å². The summed E-state index contributed by atoms with van der Waals surface area (Å²) >= 11 is 18.8. The van der Waals surface area contributed by atoms with Gasteiger partial charge in [-0.2, -0.15) is 4.98 Å². The number of anilines is 2. The molecule has 35 heavy (non-hydrogen) atoms. The van der Waals surface area contributed by atoms with Gasteiger partial charge in [0, 0.05) is 55.4 Å². The molecule has 1 aromatic carbocycles. The summed E-state index contributed by atoms with van der Waals surface area (Å²) in [5.41, 5.74) is 0.908. The zero-order chi connectivity index (χ0) is 24.9. The van der Waals surface area contributed by atoms with Gasteiger partial charge in [-0.1, -0.05) is 40.9 Å². The van der Waals surface area contributed by atoms with Crippen LogP contribution in [0.4, 0.5) is 11.8 Å². The van der Waals surface area contributed by atoms with Crippen LogP contribution in [0.25, 0.3) is 0 Å². The van der Waals surface area contributed by atoms with E-state index in [1.54, 1.807) is 12.3 Å². The number of aliphatic carboxylic acids is 1. The lowest BCUT2D eigenvalue weighted by atomic mass is 10.0. The van der Waals surface area contributed by atoms with Crippen LogP contribution >= 0.6 is 34.8 Å². The Balaban J connectivity index is 1.35. The predicted molar refractivity (Wildman–Crippen MR) is 141 cm³/mol. The quantitative estimate of drug-likeness (QED) is 0.499. The fourth-order valence-corrected chi connectivity index (χ4v) is 5.54. The molecule has 0 bridgehead atoms. The maximum atomic E-state index is 10.9. The molecule has 8 nitrogen and oxygen atoms in total. The van der Waals surface area contributed by atoms with Crippen LogP contribution < -0.4 is 10.2 Å². The molecule has 190 valence electrons. The lowest BCUT2D eigenvalue weighted by Gasteiger charge is -2.43. The van der Waals surface area contributed by atoms with E-state index in [0.29, 0.717) is 39.4 Å². The monoisotopic (exact) mass is 540 g/mol. The summed E-state index contributed by atoms with van der Waals surface area (Å²) in [7, 11) is 0. The average molecular weight is 542 g/mol. The fraction of sp³-hybridized carbons (Fsp3) is 0.542. The first-order chi connectivity index (χ1) is 16.8. The smallest absolute Gasteiger partial charge is 0.304 e. The molecule has 2 aromatic rings. The van der Waals surface area contributed by atoms with Crippen molar-refractivity contribution in [1.29, 1.82) is 0 Å². The van der Waals surface area contributed by atoms with E-state index in [0.717, 1.165) is 57.7 Å². The second-order valence-electron chi connectivity index (χ2n) is 9.16. The molecule has 2 aliphatic rings. The molecule has 2 N–H and O–H groups in total. The van der Waals surface area contributed by atoms with Gasteiger partial charge in [-0.15, -0.1) is 0 Å². The largest absolute Gasteiger partial charge is 0.481 e. The van der Waals surface area contributed by atoms with Crippen LogP contribution in [0.5, 0.6) is 0 Å². The first-order valence-electron chi connectivity index (χ1n) is 12.0. The number of piperidine rings is 1. The van der Waals surface area contributed by atoms with E-state index in [2.05, 4.69) is 25.0 Å². The molecule has 11 heteroatoms. The highest BCUT2D eigenvalue weighted by molar-refractivity contribution is 6.35. The minimum atomic E-state index is -0.733. The average Bonchev–Trinajstić information content (AvgIpc) is 2.84. The Kier molecular flexibility index (Phi) is 8.94. The van der Waals surface area contributed by atoms with Gasteiger partial charge in [-0.05, 0) is 44.0 Å². The molecular formula is C24H31Cl3N6O2. The van der Waals surface area contributed by atoms with E-state index in [-0.39, 0.29) is 12.5 Å². The SMILES string of the molecule is C[C@@H](Nc1nc(N2CCN(C3CCCN(CCC(=O)O)C3)CC2)ncc1Cl)c1ccc(Cl)cc1Cl. The number of carboxylic acid groups (broad SMARTS) is 1. The second-order valence-corrected chi connectivity index (χ2v) is 10.4. The Labute approximate surface area is 221 Å². The van der Waals surface area contributed by atoms with Crippen molar-refractivity contribution in [3.8, 4) is 0 Å². The summed E-state index contributed by atoms with van der Waals surface area (Å²) in [4.78, 5) is 27.1. The molecule has 3 heterocycles. The summed E-state index contributed by atoms with van der Waals surface area (Å²) in [6.45, 7) is 8.03. The molecule has 0 radical (unpaired) electrons. The molecule has 0 aliphatic carbocycles. The van der Waals surface area contributed by atoms with Gasteiger partial charge in [0.15, 0.2) is 5.82 Å². The van der Waals surface area contributed by atoms with Crippen molar-refractivity contribution >= 4 is 52.5 Å². The predicted octanol–water partition coefficient (Wildman–Crippen LogP) is 4.67. The van der Waals surface area contributed by atoms with Gasteiger partial charge >= 0.3 is 5.97 Å². The minimum Gasteiger partial charge on any atom is -0.481 e. The van der Waals surface area contributed by atoms with E-state index in [1.165, 1.54) is 0 Å². The van der Waals surface area contributed by atoms with Gasteiger partial charge in [0.2, 0.25) is 5.95 Å². The van der Waals surface area contributed by atoms with Crippen LogP contribution in [0, 0.1) is 0 Å². The van der Waals surface area contributed by atoms with Crippen LogP contribution in [-0.2, 0) is 4.79 Å². The Bertz CT molecular complexity index is 1030. The molecule has 4 rings (SSSR count). The third kappa shape index (κ3) is 6.89. The molecule has 1 aromatic heterocycles. The van der Waals surface area contributed by atoms with E-state index in [9.17, 15) is 4.79 Å². The van der Waals surface area contributed by atoms with Crippen LogP contribution in [0.2, 0.25) is 15.1 Å². The third-order valence-corrected chi connectivity index (χ3v) is 7.59. The number of hydrogen-bond acceptors (Lipinski definition) is 7. The van der Waals surface area contributed by atoms with E-state index in [1.807, 2.05) is 19.1 Å². The van der Waals surface area contributed by atoms with Crippen molar-refractivity contribution in [3.63, 3.8) is 0 Å². The molecule has 0 amide bonds. The van der Waals surface area contributed by atoms with Gasteiger partial charge in [0.25, 0.3) is 0 Å². The van der Waals surface area contributed by atoms with Crippen LogP contribution in [0.1, 0.15) is 37.8 Å². The first-order valence-corrected chi connectivity index (χ1v) is 13.1. The van der Waals surface area contributed by atoms with Crippen LogP contribution in [0.15, 0.2) is 24.4 Å². The summed E-state index contributed by atoms with van der Waals surface area (Å²) in [5.74, 6) is 0.486. The minimum absolute atomic E-state index is 0.118. The number of carbonyl (C=O) groups is 1. The number of benzene rings is 1. The summed E-state index contributed by atoms with van der Waals surface area (Å²) in [5, 5.41) is 14.0. The third-order valence-electron chi connectivity index (χ3n) is 6.75. The second kappa shape index (κ2) is 11.9. The standard InChI is InChI=1S/C24H31Cl3N6O2/c1-16(19-5-4-17(25)13-20(19)26)29-23-21(27)14-28-24(30-23)33-11-9-32(10-12-33)18-3-2-7-31(15-18)8-6-22(34)35/h4-5,13-14,16,18H,2-3,6-12,15H2,1H3,(H,34,35)(H,28,29,30)/t16-,18?/m1/s1. The number of nitrogens with zero attached hydrogens (tertiary/aromatic N) is 5. The summed E-state index contributed by atoms with van der Waals surface area (Å²) in [6.07, 6.45) is 4.10. The Hall–Kier alpha value is -1.84. The van der Waals surface area contributed by atoms with Gasteiger partial charge < -0.3 is 20.2 Å². The molecule has 2 atom stereocenters. The highest BCUT2D eigenvalue weighted by atomic mass is 35.5. The van der Waals surface area contributed by atoms with E-state index >= 15 is 0 Å². The van der Waals surface area contributed by atoms with Gasteiger partial charge in [0.1, 0.15) is 5.02 Å². The molecule has 2 saturated heterocycles. The maximum absolute atomic E-state index is 10.9. The fourth-order valence-electron chi connectivity index (χ4n) is 4.82. The normalized spacial score (nSPS) is 20.6. The van der Waals surface area contributed by atoms with Crippen LogP contribution in [-0.4, -0.2) is 82.7 Å². The molecular weight excluding hydrogens is 511 g/mol. The first kappa shape index (κ1) is 26.2. The number of nitrogens with one attached hydrogen (secondary N) is 1. The number of carboxylic acids is 1. The lowest BCUT2D eigenvalue weighted by molar-refractivity contribution is -0.137. The molecule has 1 unspecified atom stereocenters. The number of halogens is 3. The van der Waals surface area contributed by atoms with Crippen molar-refractivity contribution in [2.75, 3.05) is 56.0 Å². The van der Waals surface area contributed by atoms with Crippen molar-refractivity contribution < 1.29 is 9.90 Å². The van der Waals surface area contributed by atoms with Crippen molar-refractivity contribution in [1.82, 2.24) is 19.8 Å². The number of aromatic nitrogens is 2. The highest BCUT2D eigenvalue weighted by Gasteiger charge is 2.29. The Morgan fingerprint density at radius 2 is 1.94 bits per heavy atom. The molecule has 2 fully saturated rings. The zero-order valence-electron chi connectivity index (χ0n) is 19.8. The lowest BCUT2D eigenvalue weighted by Crippen LogP contribution is -2.55. The molecule has 2 aliphatic heterocycles. The highest BCUT2D eigenvalue weighted by Crippen LogP contribution is 2.31. The summed E-state index contributed by atoms with van der Waals surface area (Å²) in [6, 6.07) is 5.78. The molecule has 0 saturated carbocycles. The van der Waals surface area contributed by atoms with Gasteiger partial charge in [-0.3, -0.25) is 9.69 Å². The maximum Gasteiger partial charge on any atom is 0.304 e. The topological polar surface area (TPSA) is 84.8 Å². The number of likely N-dealkylation sites (tertiary alicyclic amines) is 1.